The monoisotopic (exact) mass is 365 g/mol. The average Bonchev–Trinajstić information content (AvgIpc) is 3.38. The van der Waals surface area contributed by atoms with Gasteiger partial charge < -0.3 is 14.8 Å². The molecule has 0 aliphatic heterocycles. The Morgan fingerprint density at radius 2 is 1.70 bits per heavy atom. The Bertz CT molecular complexity index is 904. The van der Waals surface area contributed by atoms with E-state index >= 15 is 0 Å². The fourth-order valence-electron chi connectivity index (χ4n) is 3.80. The predicted octanol–water partition coefficient (Wildman–Crippen LogP) is 3.56. The topological polar surface area (TPSA) is 74.1 Å². The van der Waals surface area contributed by atoms with Crippen LogP contribution in [0.4, 0.5) is 5.69 Å². The lowest BCUT2D eigenvalue weighted by Crippen LogP contribution is -2.35. The number of nitrogens with one attached hydrogen (secondary N) is 1. The van der Waals surface area contributed by atoms with E-state index in [9.17, 15) is 0 Å². The number of tetrazole rings is 1. The van der Waals surface area contributed by atoms with E-state index in [4.69, 9.17) is 9.47 Å². The van der Waals surface area contributed by atoms with Gasteiger partial charge >= 0.3 is 0 Å². The highest BCUT2D eigenvalue weighted by Gasteiger charge is 2.41. The maximum Gasteiger partial charge on any atom is 0.181 e. The smallest absolute Gasteiger partial charge is 0.181 e. The van der Waals surface area contributed by atoms with E-state index in [0.717, 1.165) is 42.9 Å². The van der Waals surface area contributed by atoms with Crippen LogP contribution in [0.5, 0.6) is 11.5 Å². The van der Waals surface area contributed by atoms with Crippen molar-refractivity contribution in [2.24, 2.45) is 0 Å². The van der Waals surface area contributed by atoms with Crippen molar-refractivity contribution in [3.05, 3.63) is 54.4 Å². The Morgan fingerprint density at radius 3 is 2.41 bits per heavy atom. The molecule has 2 aromatic carbocycles. The van der Waals surface area contributed by atoms with Gasteiger partial charge in [-0.3, -0.25) is 0 Å². The Hall–Kier alpha value is -3.09. The first-order valence-electron chi connectivity index (χ1n) is 9.10. The largest absolute Gasteiger partial charge is 0.493 e. The zero-order valence-corrected chi connectivity index (χ0v) is 15.6. The molecule has 1 aliphatic carbocycles. The van der Waals surface area contributed by atoms with E-state index in [0.29, 0.717) is 11.5 Å². The van der Waals surface area contributed by atoms with Gasteiger partial charge in [-0.05, 0) is 47.5 Å². The zero-order valence-electron chi connectivity index (χ0n) is 15.6. The minimum absolute atomic E-state index is 0.294. The van der Waals surface area contributed by atoms with Crippen molar-refractivity contribution in [1.82, 2.24) is 20.2 Å². The second kappa shape index (κ2) is 7.26. The predicted molar refractivity (Wildman–Crippen MR) is 102 cm³/mol. The molecule has 0 unspecified atom stereocenters. The van der Waals surface area contributed by atoms with Crippen molar-refractivity contribution < 1.29 is 9.47 Å². The van der Waals surface area contributed by atoms with Crippen LogP contribution < -0.4 is 14.8 Å². The molecule has 0 radical (unpaired) electrons. The molecule has 1 aliphatic rings. The molecule has 1 heterocycles. The van der Waals surface area contributed by atoms with E-state index < -0.39 is 0 Å². The molecule has 1 aromatic heterocycles. The number of hydrogen-bond acceptors (Lipinski definition) is 6. The van der Waals surface area contributed by atoms with Gasteiger partial charge in [-0.15, -0.1) is 5.10 Å². The molecular formula is C20H23N5O2. The molecule has 4 rings (SSSR count). The van der Waals surface area contributed by atoms with Crippen LogP contribution in [0.3, 0.4) is 0 Å². The number of methoxy groups -OCH3 is 2. The van der Waals surface area contributed by atoms with Crippen molar-refractivity contribution in [3.63, 3.8) is 0 Å². The fraction of sp³-hybridized carbons (Fsp3) is 0.350. The third-order valence-corrected chi connectivity index (χ3v) is 5.12. The molecule has 27 heavy (non-hydrogen) atoms. The average molecular weight is 365 g/mol. The highest BCUT2D eigenvalue weighted by atomic mass is 16.5. The Morgan fingerprint density at radius 1 is 0.963 bits per heavy atom. The third-order valence-electron chi connectivity index (χ3n) is 5.12. The van der Waals surface area contributed by atoms with Gasteiger partial charge in [0.05, 0.1) is 25.4 Å². The van der Waals surface area contributed by atoms with E-state index in [1.165, 1.54) is 0 Å². The maximum atomic E-state index is 5.44. The number of hydrogen-bond donors (Lipinski definition) is 1. The van der Waals surface area contributed by atoms with E-state index in [2.05, 4.69) is 33.0 Å². The molecule has 0 bridgehead atoms. The molecule has 7 nitrogen and oxygen atoms in total. The zero-order chi connectivity index (χ0) is 18.7. The molecule has 1 N–H and O–H groups in total. The Labute approximate surface area is 158 Å². The first kappa shape index (κ1) is 17.3. The normalized spacial score (nSPS) is 15.5. The standard InChI is InChI=1S/C20H23N5O2/c1-26-17-11-10-16(14-18(17)27-2)25-19(22-23-24-25)20(12-6-7-13-20)21-15-8-4-3-5-9-15/h3-5,8-11,14,21H,6-7,12-13H2,1-2H3. The van der Waals surface area contributed by atoms with Gasteiger partial charge in [0, 0.05) is 11.8 Å². The first-order chi connectivity index (χ1) is 13.3. The number of nitrogens with zero attached hydrogens (tertiary/aromatic N) is 4. The highest BCUT2D eigenvalue weighted by Crippen LogP contribution is 2.41. The molecule has 0 atom stereocenters. The van der Waals surface area contributed by atoms with Gasteiger partial charge in [-0.1, -0.05) is 31.0 Å². The molecule has 0 amide bonds. The molecule has 0 spiro atoms. The third kappa shape index (κ3) is 3.20. The maximum absolute atomic E-state index is 5.44. The number of ether oxygens (including phenoxy) is 2. The summed E-state index contributed by atoms with van der Waals surface area (Å²) in [6, 6.07) is 15.9. The van der Waals surface area contributed by atoms with E-state index in [-0.39, 0.29) is 5.54 Å². The van der Waals surface area contributed by atoms with Gasteiger partial charge in [0.15, 0.2) is 17.3 Å². The van der Waals surface area contributed by atoms with Gasteiger partial charge in [0.25, 0.3) is 0 Å². The van der Waals surface area contributed by atoms with Crippen molar-refractivity contribution in [2.45, 2.75) is 31.2 Å². The summed E-state index contributed by atoms with van der Waals surface area (Å²) in [7, 11) is 3.24. The van der Waals surface area contributed by atoms with E-state index in [1.54, 1.807) is 18.9 Å². The summed E-state index contributed by atoms with van der Waals surface area (Å²) in [5.74, 6) is 2.14. The van der Waals surface area contributed by atoms with Crippen molar-refractivity contribution in [1.29, 1.82) is 0 Å². The van der Waals surface area contributed by atoms with Crippen molar-refractivity contribution in [2.75, 3.05) is 19.5 Å². The number of anilines is 1. The number of benzene rings is 2. The lowest BCUT2D eigenvalue weighted by Gasteiger charge is -2.30. The molecule has 7 heteroatoms. The lowest BCUT2D eigenvalue weighted by atomic mass is 9.95. The van der Waals surface area contributed by atoms with E-state index in [1.807, 2.05) is 36.4 Å². The summed E-state index contributed by atoms with van der Waals surface area (Å²) in [6.07, 6.45) is 4.24. The number of aromatic nitrogens is 4. The van der Waals surface area contributed by atoms with Crippen molar-refractivity contribution >= 4 is 5.69 Å². The van der Waals surface area contributed by atoms with Crippen LogP contribution in [0.1, 0.15) is 31.5 Å². The van der Waals surface area contributed by atoms with Crippen LogP contribution >= 0.6 is 0 Å². The Balaban J connectivity index is 1.75. The van der Waals surface area contributed by atoms with Crippen molar-refractivity contribution in [3.8, 4) is 17.2 Å². The second-order valence-electron chi connectivity index (χ2n) is 6.73. The summed E-state index contributed by atoms with van der Waals surface area (Å²) in [4.78, 5) is 0. The summed E-state index contributed by atoms with van der Waals surface area (Å²) in [5, 5.41) is 16.4. The SMILES string of the molecule is COc1ccc(-n2nnnc2C2(Nc3ccccc3)CCCC2)cc1OC. The number of rotatable bonds is 6. The summed E-state index contributed by atoms with van der Waals surface area (Å²) in [6.45, 7) is 0. The second-order valence-corrected chi connectivity index (χ2v) is 6.73. The lowest BCUT2D eigenvalue weighted by molar-refractivity contribution is 0.354. The molecule has 3 aromatic rings. The summed E-state index contributed by atoms with van der Waals surface area (Å²) >= 11 is 0. The van der Waals surface area contributed by atoms with Crippen LogP contribution in [0.15, 0.2) is 48.5 Å². The molecular weight excluding hydrogens is 342 g/mol. The van der Waals surface area contributed by atoms with Crippen LogP contribution in [-0.4, -0.2) is 34.4 Å². The van der Waals surface area contributed by atoms with Gasteiger partial charge in [-0.25, -0.2) is 0 Å². The molecule has 1 fully saturated rings. The van der Waals surface area contributed by atoms with Crippen LogP contribution in [0.25, 0.3) is 5.69 Å². The quantitative estimate of drug-likeness (QED) is 0.720. The molecule has 0 saturated heterocycles. The minimum atomic E-state index is -0.294. The van der Waals surface area contributed by atoms with Gasteiger partial charge in [-0.2, -0.15) is 4.68 Å². The van der Waals surface area contributed by atoms with Gasteiger partial charge in [0.2, 0.25) is 0 Å². The molecule has 1 saturated carbocycles. The first-order valence-corrected chi connectivity index (χ1v) is 9.10. The van der Waals surface area contributed by atoms with Crippen LogP contribution in [0, 0.1) is 0 Å². The highest BCUT2D eigenvalue weighted by molar-refractivity contribution is 5.50. The van der Waals surface area contributed by atoms with Crippen LogP contribution in [0.2, 0.25) is 0 Å². The van der Waals surface area contributed by atoms with Gasteiger partial charge in [0.1, 0.15) is 0 Å². The summed E-state index contributed by atoms with van der Waals surface area (Å²) < 4.78 is 12.6. The number of para-hydroxylation sites is 1. The fourth-order valence-corrected chi connectivity index (χ4v) is 3.80. The van der Waals surface area contributed by atoms with Crippen LogP contribution in [-0.2, 0) is 5.54 Å². The Kier molecular flexibility index (Phi) is 4.66. The summed E-state index contributed by atoms with van der Waals surface area (Å²) in [5.41, 5.74) is 1.62. The minimum Gasteiger partial charge on any atom is -0.493 e. The molecule has 140 valence electrons.